The molecule has 1 amide bonds. The van der Waals surface area contributed by atoms with Gasteiger partial charge in [-0.05, 0) is 23.7 Å². The normalized spacial score (nSPS) is 10.7. The fourth-order valence-corrected chi connectivity index (χ4v) is 2.58. The van der Waals surface area contributed by atoms with Crippen molar-refractivity contribution in [2.75, 3.05) is 13.1 Å². The van der Waals surface area contributed by atoms with Gasteiger partial charge in [0.2, 0.25) is 5.91 Å². The van der Waals surface area contributed by atoms with Crippen molar-refractivity contribution in [2.24, 2.45) is 0 Å². The first kappa shape index (κ1) is 17.5. The molecule has 0 aromatic heterocycles. The molecule has 0 aliphatic rings. The third-order valence-corrected chi connectivity index (χ3v) is 4.15. The molecule has 0 fully saturated rings. The van der Waals surface area contributed by atoms with Crippen molar-refractivity contribution >= 4 is 17.5 Å². The van der Waals surface area contributed by atoms with Gasteiger partial charge in [-0.15, -0.1) is 0 Å². The quantitative estimate of drug-likeness (QED) is 0.797. The molecule has 0 saturated heterocycles. The minimum absolute atomic E-state index is 0.0523. The Morgan fingerprint density at radius 1 is 1.09 bits per heavy atom. The zero-order chi connectivity index (χ0) is 16.5. The smallest absolute Gasteiger partial charge is 0.221 e. The molecule has 2 rings (SSSR count). The Balaban J connectivity index is 1.75. The lowest BCUT2D eigenvalue weighted by molar-refractivity contribution is -0.121. The number of halogens is 1. The molecule has 122 valence electrons. The number of amides is 1. The SMILES string of the molecule is CCN(CCC(=O)NCc1ccccc1Cl)Cc1ccccc1. The van der Waals surface area contributed by atoms with Crippen molar-refractivity contribution in [2.45, 2.75) is 26.4 Å². The predicted octanol–water partition coefficient (Wildman–Crippen LogP) is 3.87. The number of rotatable bonds is 8. The lowest BCUT2D eigenvalue weighted by atomic mass is 10.2. The highest BCUT2D eigenvalue weighted by Crippen LogP contribution is 2.14. The minimum atomic E-state index is 0.0523. The molecule has 1 N–H and O–H groups in total. The number of nitrogens with zero attached hydrogens (tertiary/aromatic N) is 1. The van der Waals surface area contributed by atoms with Crippen molar-refractivity contribution in [1.82, 2.24) is 10.2 Å². The summed E-state index contributed by atoms with van der Waals surface area (Å²) >= 11 is 6.09. The van der Waals surface area contributed by atoms with Crippen LogP contribution in [0.4, 0.5) is 0 Å². The molecule has 0 radical (unpaired) electrons. The lowest BCUT2D eigenvalue weighted by Crippen LogP contribution is -2.30. The number of carbonyl (C=O) groups excluding carboxylic acids is 1. The number of carbonyl (C=O) groups is 1. The van der Waals surface area contributed by atoms with E-state index in [0.29, 0.717) is 18.0 Å². The van der Waals surface area contributed by atoms with Gasteiger partial charge in [-0.2, -0.15) is 0 Å². The lowest BCUT2D eigenvalue weighted by Gasteiger charge is -2.20. The Kier molecular flexibility index (Phi) is 7.11. The van der Waals surface area contributed by atoms with Gasteiger partial charge in [0.05, 0.1) is 0 Å². The molecule has 0 spiro atoms. The number of nitrogens with one attached hydrogen (secondary N) is 1. The van der Waals surface area contributed by atoms with E-state index < -0.39 is 0 Å². The third-order valence-electron chi connectivity index (χ3n) is 3.79. The van der Waals surface area contributed by atoms with Crippen LogP contribution in [0.25, 0.3) is 0 Å². The van der Waals surface area contributed by atoms with Gasteiger partial charge in [0.25, 0.3) is 0 Å². The Bertz CT molecular complexity index is 616. The fraction of sp³-hybridized carbons (Fsp3) is 0.316. The fourth-order valence-electron chi connectivity index (χ4n) is 2.37. The first-order chi connectivity index (χ1) is 11.2. The molecule has 23 heavy (non-hydrogen) atoms. The topological polar surface area (TPSA) is 32.3 Å². The molecule has 0 heterocycles. The summed E-state index contributed by atoms with van der Waals surface area (Å²) in [6.07, 6.45) is 0.491. The summed E-state index contributed by atoms with van der Waals surface area (Å²) < 4.78 is 0. The minimum Gasteiger partial charge on any atom is -0.352 e. The van der Waals surface area contributed by atoms with Gasteiger partial charge in [-0.3, -0.25) is 9.69 Å². The van der Waals surface area contributed by atoms with Crippen molar-refractivity contribution in [3.05, 3.63) is 70.7 Å². The summed E-state index contributed by atoms with van der Waals surface area (Å²) in [5.74, 6) is 0.0523. The van der Waals surface area contributed by atoms with Crippen LogP contribution in [0.5, 0.6) is 0 Å². The number of hydrogen-bond donors (Lipinski definition) is 1. The van der Waals surface area contributed by atoms with E-state index in [1.54, 1.807) is 0 Å². The molecule has 4 heteroatoms. The highest BCUT2D eigenvalue weighted by atomic mass is 35.5. The molecule has 0 aliphatic carbocycles. The Morgan fingerprint density at radius 3 is 2.48 bits per heavy atom. The van der Waals surface area contributed by atoms with Crippen molar-refractivity contribution in [1.29, 1.82) is 0 Å². The molecule has 0 saturated carbocycles. The Hall–Kier alpha value is -1.84. The second kappa shape index (κ2) is 9.33. The van der Waals surface area contributed by atoms with E-state index >= 15 is 0 Å². The van der Waals surface area contributed by atoms with Crippen LogP contribution in [0.15, 0.2) is 54.6 Å². The first-order valence-corrected chi connectivity index (χ1v) is 8.33. The van der Waals surface area contributed by atoms with Crippen LogP contribution in [-0.4, -0.2) is 23.9 Å². The van der Waals surface area contributed by atoms with Crippen LogP contribution in [-0.2, 0) is 17.9 Å². The Morgan fingerprint density at radius 2 is 1.78 bits per heavy atom. The van der Waals surface area contributed by atoms with Crippen LogP contribution in [0.3, 0.4) is 0 Å². The van der Waals surface area contributed by atoms with Gasteiger partial charge in [0.1, 0.15) is 0 Å². The monoisotopic (exact) mass is 330 g/mol. The van der Waals surface area contributed by atoms with E-state index in [1.165, 1.54) is 5.56 Å². The van der Waals surface area contributed by atoms with Gasteiger partial charge in [-0.25, -0.2) is 0 Å². The molecule has 0 atom stereocenters. The molecule has 0 bridgehead atoms. The second-order valence-corrected chi connectivity index (χ2v) is 5.88. The zero-order valence-electron chi connectivity index (χ0n) is 13.5. The summed E-state index contributed by atoms with van der Waals surface area (Å²) in [4.78, 5) is 14.3. The van der Waals surface area contributed by atoms with E-state index in [-0.39, 0.29) is 5.91 Å². The largest absolute Gasteiger partial charge is 0.352 e. The molecular formula is C19H23ClN2O. The molecule has 0 aliphatic heterocycles. The standard InChI is InChI=1S/C19H23ClN2O/c1-2-22(15-16-8-4-3-5-9-16)13-12-19(23)21-14-17-10-6-7-11-18(17)20/h3-11H,2,12-15H2,1H3,(H,21,23). The highest BCUT2D eigenvalue weighted by molar-refractivity contribution is 6.31. The zero-order valence-corrected chi connectivity index (χ0v) is 14.2. The van der Waals surface area contributed by atoms with E-state index in [9.17, 15) is 4.79 Å². The molecule has 2 aromatic carbocycles. The van der Waals surface area contributed by atoms with Gasteiger partial charge in [0.15, 0.2) is 0 Å². The number of benzene rings is 2. The summed E-state index contributed by atoms with van der Waals surface area (Å²) in [5.41, 5.74) is 2.21. The van der Waals surface area contributed by atoms with Gasteiger partial charge in [0, 0.05) is 31.1 Å². The maximum atomic E-state index is 12.0. The van der Waals surface area contributed by atoms with Crippen LogP contribution in [0.2, 0.25) is 5.02 Å². The molecular weight excluding hydrogens is 308 g/mol. The van der Waals surface area contributed by atoms with Gasteiger partial charge >= 0.3 is 0 Å². The van der Waals surface area contributed by atoms with Crippen molar-refractivity contribution < 1.29 is 4.79 Å². The molecule has 0 unspecified atom stereocenters. The predicted molar refractivity (Wildman–Crippen MR) is 95.3 cm³/mol. The van der Waals surface area contributed by atoms with Crippen LogP contribution in [0, 0.1) is 0 Å². The van der Waals surface area contributed by atoms with Gasteiger partial charge in [-0.1, -0.05) is 67.1 Å². The first-order valence-electron chi connectivity index (χ1n) is 7.95. The van der Waals surface area contributed by atoms with E-state index in [0.717, 1.165) is 25.2 Å². The van der Waals surface area contributed by atoms with Crippen molar-refractivity contribution in [3.8, 4) is 0 Å². The van der Waals surface area contributed by atoms with Crippen LogP contribution < -0.4 is 5.32 Å². The molecule has 2 aromatic rings. The van der Waals surface area contributed by atoms with E-state index in [4.69, 9.17) is 11.6 Å². The average molecular weight is 331 g/mol. The summed E-state index contributed by atoms with van der Waals surface area (Å²) in [6, 6.07) is 17.9. The number of hydrogen-bond acceptors (Lipinski definition) is 2. The maximum Gasteiger partial charge on any atom is 0.221 e. The van der Waals surface area contributed by atoms with Gasteiger partial charge < -0.3 is 5.32 Å². The van der Waals surface area contributed by atoms with Crippen LogP contribution in [0.1, 0.15) is 24.5 Å². The van der Waals surface area contributed by atoms with E-state index in [1.807, 2.05) is 42.5 Å². The summed E-state index contributed by atoms with van der Waals surface area (Å²) in [5, 5.41) is 3.62. The highest BCUT2D eigenvalue weighted by Gasteiger charge is 2.08. The summed E-state index contributed by atoms with van der Waals surface area (Å²) in [6.45, 7) is 5.13. The third kappa shape index (κ3) is 6.05. The average Bonchev–Trinajstić information content (AvgIpc) is 2.58. The van der Waals surface area contributed by atoms with Crippen molar-refractivity contribution in [3.63, 3.8) is 0 Å². The summed E-state index contributed by atoms with van der Waals surface area (Å²) in [7, 11) is 0. The van der Waals surface area contributed by atoms with E-state index in [2.05, 4.69) is 29.3 Å². The maximum absolute atomic E-state index is 12.0. The second-order valence-electron chi connectivity index (χ2n) is 5.47. The molecule has 3 nitrogen and oxygen atoms in total. The van der Waals surface area contributed by atoms with Crippen LogP contribution >= 0.6 is 11.6 Å². The Labute approximate surface area is 143 Å².